The number of urea groups is 1. The van der Waals surface area contributed by atoms with Crippen molar-refractivity contribution in [3.05, 3.63) is 121 Å². The molecule has 4 aromatic rings. The lowest BCUT2D eigenvalue weighted by molar-refractivity contribution is 0.247. The highest BCUT2D eigenvalue weighted by molar-refractivity contribution is 7.73. The van der Waals surface area contributed by atoms with Crippen LogP contribution >= 0.6 is 15.8 Å². The molecule has 1 saturated heterocycles. The summed E-state index contributed by atoms with van der Waals surface area (Å²) in [6, 6.07) is 43.0. The van der Waals surface area contributed by atoms with Crippen molar-refractivity contribution in [1.82, 2.24) is 10.6 Å². The van der Waals surface area contributed by atoms with E-state index in [0.717, 1.165) is 12.3 Å². The van der Waals surface area contributed by atoms with E-state index in [9.17, 15) is 4.79 Å². The van der Waals surface area contributed by atoms with Crippen molar-refractivity contribution in [3.8, 4) is 0 Å². The van der Waals surface area contributed by atoms with Gasteiger partial charge in [-0.05, 0) is 49.4 Å². The molecule has 1 aliphatic heterocycles. The van der Waals surface area contributed by atoms with Gasteiger partial charge in [-0.2, -0.15) is 0 Å². The number of hydrogen-bond acceptors (Lipinski definition) is 1. The van der Waals surface area contributed by atoms with Crippen LogP contribution in [0.5, 0.6) is 0 Å². The fourth-order valence-electron chi connectivity index (χ4n) is 4.47. The summed E-state index contributed by atoms with van der Waals surface area (Å²) in [5.41, 5.74) is 0. The van der Waals surface area contributed by atoms with Crippen LogP contribution in [-0.4, -0.2) is 30.4 Å². The summed E-state index contributed by atoms with van der Waals surface area (Å²) >= 11 is 0. The van der Waals surface area contributed by atoms with E-state index in [2.05, 4.69) is 132 Å². The second-order valence-electron chi connectivity index (χ2n) is 8.39. The first kappa shape index (κ1) is 22.8. The Morgan fingerprint density at radius 2 is 0.735 bits per heavy atom. The van der Waals surface area contributed by atoms with Crippen LogP contribution in [-0.2, 0) is 0 Å². The van der Waals surface area contributed by atoms with E-state index in [-0.39, 0.29) is 18.1 Å². The Bertz CT molecular complexity index is 1020. The summed E-state index contributed by atoms with van der Waals surface area (Å²) in [5.74, 6) is 0. The Labute approximate surface area is 204 Å². The summed E-state index contributed by atoms with van der Waals surface area (Å²) in [5, 5.41) is 11.9. The molecule has 0 bridgehead atoms. The largest absolute Gasteiger partial charge is 0.333 e. The number of nitrogens with one attached hydrogen (secondary N) is 2. The van der Waals surface area contributed by atoms with E-state index in [1.807, 2.05) is 0 Å². The zero-order valence-corrected chi connectivity index (χ0v) is 20.7. The van der Waals surface area contributed by atoms with Gasteiger partial charge in [0.15, 0.2) is 0 Å². The predicted molar refractivity (Wildman–Crippen MR) is 147 cm³/mol. The van der Waals surface area contributed by atoms with Gasteiger partial charge in [-0.1, -0.05) is 121 Å². The molecule has 2 atom stereocenters. The molecule has 0 spiro atoms. The van der Waals surface area contributed by atoms with Gasteiger partial charge in [-0.3, -0.25) is 0 Å². The first-order valence-corrected chi connectivity index (χ1v) is 14.7. The topological polar surface area (TPSA) is 41.1 Å². The van der Waals surface area contributed by atoms with Crippen molar-refractivity contribution in [2.24, 2.45) is 0 Å². The van der Waals surface area contributed by atoms with E-state index in [0.29, 0.717) is 0 Å². The van der Waals surface area contributed by atoms with Crippen LogP contribution in [0.15, 0.2) is 121 Å². The van der Waals surface area contributed by atoms with Gasteiger partial charge in [0.05, 0.1) is 12.1 Å². The van der Waals surface area contributed by atoms with Crippen molar-refractivity contribution >= 4 is 43.1 Å². The molecule has 34 heavy (non-hydrogen) atoms. The third kappa shape index (κ3) is 5.39. The van der Waals surface area contributed by atoms with E-state index < -0.39 is 15.8 Å². The average molecular weight is 483 g/mol. The van der Waals surface area contributed by atoms with Crippen molar-refractivity contribution in [1.29, 1.82) is 0 Å². The fourth-order valence-corrected chi connectivity index (χ4v) is 9.52. The van der Waals surface area contributed by atoms with Crippen LogP contribution in [0.3, 0.4) is 0 Å². The molecule has 1 fully saturated rings. The van der Waals surface area contributed by atoms with Gasteiger partial charge in [0.1, 0.15) is 0 Å². The van der Waals surface area contributed by atoms with Crippen LogP contribution < -0.4 is 31.9 Å². The summed E-state index contributed by atoms with van der Waals surface area (Å²) < 4.78 is 0. The Morgan fingerprint density at radius 1 is 0.471 bits per heavy atom. The van der Waals surface area contributed by atoms with Crippen LogP contribution in [0.1, 0.15) is 0 Å². The van der Waals surface area contributed by atoms with Crippen molar-refractivity contribution < 1.29 is 4.79 Å². The molecular weight excluding hydrogens is 454 g/mol. The predicted octanol–water partition coefficient (Wildman–Crippen LogP) is 4.30. The summed E-state index contributed by atoms with van der Waals surface area (Å²) in [6.07, 6.45) is 1.83. The second kappa shape index (κ2) is 11.0. The molecule has 4 aromatic carbocycles. The van der Waals surface area contributed by atoms with Crippen molar-refractivity contribution in [2.75, 3.05) is 12.3 Å². The maximum Gasteiger partial charge on any atom is 0.315 e. The first-order chi connectivity index (χ1) is 16.8. The zero-order chi connectivity index (χ0) is 23.2. The lowest BCUT2D eigenvalue weighted by atomic mass is 10.2. The third-order valence-electron chi connectivity index (χ3n) is 6.15. The molecule has 0 saturated carbocycles. The van der Waals surface area contributed by atoms with Crippen molar-refractivity contribution in [3.63, 3.8) is 0 Å². The second-order valence-corrected chi connectivity index (χ2v) is 12.9. The standard InChI is InChI=1S/C29H28N2OP2/c32-29-30-27(21-33(23-13-5-1-6-14-23)24-15-7-2-8-16-24)28(31-29)22-34(25-17-9-3-10-18-25)26-19-11-4-12-20-26/h1-20,27-28H,21-22H2,(H2,30,31,32)/t27-,28-/m1/s1. The maximum atomic E-state index is 12.6. The number of hydrogen-bond donors (Lipinski definition) is 2. The SMILES string of the molecule is O=C1N[C@H](CP(c2ccccc2)c2ccccc2)[C@@H](CP(c2ccccc2)c2ccccc2)N1. The summed E-state index contributed by atoms with van der Waals surface area (Å²) in [4.78, 5) is 12.6. The van der Waals surface area contributed by atoms with Gasteiger partial charge in [-0.15, -0.1) is 0 Å². The Hall–Kier alpha value is -2.99. The number of benzene rings is 4. The maximum absolute atomic E-state index is 12.6. The number of carbonyl (C=O) groups excluding carboxylic acids is 1. The molecule has 1 heterocycles. The lowest BCUT2D eigenvalue weighted by Crippen LogP contribution is -2.41. The van der Waals surface area contributed by atoms with Gasteiger partial charge < -0.3 is 10.6 Å². The number of carbonyl (C=O) groups is 1. The average Bonchev–Trinajstić information content (AvgIpc) is 3.26. The van der Waals surface area contributed by atoms with Crippen LogP contribution in [0.4, 0.5) is 4.79 Å². The van der Waals surface area contributed by atoms with Gasteiger partial charge >= 0.3 is 6.03 Å². The van der Waals surface area contributed by atoms with Gasteiger partial charge in [0.2, 0.25) is 0 Å². The van der Waals surface area contributed by atoms with Gasteiger partial charge in [-0.25, -0.2) is 4.79 Å². The molecule has 5 heteroatoms. The first-order valence-electron chi connectivity index (χ1n) is 11.6. The lowest BCUT2D eigenvalue weighted by Gasteiger charge is -2.28. The molecule has 0 radical (unpaired) electrons. The molecule has 2 N–H and O–H groups in total. The minimum atomic E-state index is -0.589. The van der Waals surface area contributed by atoms with Crippen LogP contribution in [0, 0.1) is 0 Å². The molecule has 0 unspecified atom stereocenters. The highest BCUT2D eigenvalue weighted by atomic mass is 31.1. The van der Waals surface area contributed by atoms with E-state index in [1.165, 1.54) is 21.2 Å². The molecule has 2 amide bonds. The summed E-state index contributed by atoms with van der Waals surface area (Å²) in [6.45, 7) is 0. The monoisotopic (exact) mass is 482 g/mol. The fraction of sp³-hybridized carbons (Fsp3) is 0.138. The van der Waals surface area contributed by atoms with Gasteiger partial charge in [0.25, 0.3) is 0 Å². The molecule has 0 aliphatic carbocycles. The van der Waals surface area contributed by atoms with Crippen molar-refractivity contribution in [2.45, 2.75) is 12.1 Å². The van der Waals surface area contributed by atoms with E-state index in [1.54, 1.807) is 0 Å². The highest BCUT2D eigenvalue weighted by Gasteiger charge is 2.36. The normalized spacial score (nSPS) is 17.5. The van der Waals surface area contributed by atoms with Gasteiger partial charge in [0, 0.05) is 0 Å². The third-order valence-corrected chi connectivity index (χ3v) is 11.4. The number of amides is 2. The molecule has 170 valence electrons. The van der Waals surface area contributed by atoms with E-state index >= 15 is 0 Å². The molecule has 0 aromatic heterocycles. The summed E-state index contributed by atoms with van der Waals surface area (Å²) in [7, 11) is -1.18. The van der Waals surface area contributed by atoms with E-state index in [4.69, 9.17) is 0 Å². The smallest absolute Gasteiger partial charge is 0.315 e. The minimum Gasteiger partial charge on any atom is -0.333 e. The molecular formula is C29H28N2OP2. The van der Waals surface area contributed by atoms with Crippen LogP contribution in [0.2, 0.25) is 0 Å². The Balaban J connectivity index is 1.44. The molecule has 1 aliphatic rings. The molecule has 3 nitrogen and oxygen atoms in total. The quantitative estimate of drug-likeness (QED) is 0.361. The Morgan fingerprint density at radius 3 is 1.00 bits per heavy atom. The minimum absolute atomic E-state index is 0.0536. The number of rotatable bonds is 8. The highest BCUT2D eigenvalue weighted by Crippen LogP contribution is 2.39. The molecule has 5 rings (SSSR count). The zero-order valence-electron chi connectivity index (χ0n) is 18.9. The Kier molecular flexibility index (Phi) is 7.34. The van der Waals surface area contributed by atoms with Crippen LogP contribution in [0.25, 0.3) is 0 Å².